The van der Waals surface area contributed by atoms with Crippen LogP contribution in [0.2, 0.25) is 0 Å². The van der Waals surface area contributed by atoms with E-state index in [1.165, 1.54) is 38.5 Å². The van der Waals surface area contributed by atoms with Crippen molar-refractivity contribution in [3.63, 3.8) is 0 Å². The van der Waals surface area contributed by atoms with Gasteiger partial charge < -0.3 is 14.2 Å². The van der Waals surface area contributed by atoms with Crippen LogP contribution in [0.15, 0.2) is 48.5 Å². The topological polar surface area (TPSA) is 47.4 Å². The number of para-hydroxylation sites is 2. The molecule has 0 bridgehead atoms. The average Bonchev–Trinajstić information content (AvgIpc) is 3.26. The fourth-order valence-corrected chi connectivity index (χ4v) is 5.91. The number of hydrogen-bond acceptors (Lipinski definition) is 3. The zero-order valence-corrected chi connectivity index (χ0v) is 20.9. The van der Waals surface area contributed by atoms with Crippen LogP contribution in [0.25, 0.3) is 23.2 Å². The predicted molar refractivity (Wildman–Crippen MR) is 142 cm³/mol. The quantitative estimate of drug-likeness (QED) is 0.385. The molecule has 2 fully saturated rings. The van der Waals surface area contributed by atoms with E-state index in [2.05, 4.69) is 21.6 Å². The Morgan fingerprint density at radius 1 is 0.914 bits per heavy atom. The highest BCUT2D eigenvalue weighted by molar-refractivity contribution is 5.84. The number of nitrogens with zero attached hydrogens (tertiary/aromatic N) is 3. The maximum atomic E-state index is 14.0. The first-order valence-corrected chi connectivity index (χ1v) is 13.3. The van der Waals surface area contributed by atoms with E-state index in [9.17, 15) is 4.79 Å². The fraction of sp³-hybridized carbons (Fsp3) is 0.467. The summed E-state index contributed by atoms with van der Waals surface area (Å²) in [5.41, 5.74) is 3.01. The minimum absolute atomic E-state index is 0.256. The molecular formula is C30H37N3O2. The summed E-state index contributed by atoms with van der Waals surface area (Å²) in [5.74, 6) is 1.92. The zero-order chi connectivity index (χ0) is 24.0. The Morgan fingerprint density at radius 2 is 1.54 bits per heavy atom. The molecule has 2 aliphatic rings. The van der Waals surface area contributed by atoms with Gasteiger partial charge >= 0.3 is 0 Å². The van der Waals surface area contributed by atoms with E-state index in [1.54, 1.807) is 7.11 Å². The van der Waals surface area contributed by atoms with Crippen LogP contribution in [-0.2, 0) is 11.3 Å². The highest BCUT2D eigenvalue weighted by Gasteiger charge is 2.32. The van der Waals surface area contributed by atoms with E-state index in [0.717, 1.165) is 53.9 Å². The van der Waals surface area contributed by atoms with Crippen molar-refractivity contribution in [3.8, 4) is 5.75 Å². The Hall–Kier alpha value is -3.08. The molecule has 184 valence electrons. The lowest BCUT2D eigenvalue weighted by molar-refractivity contribution is -0.138. The summed E-state index contributed by atoms with van der Waals surface area (Å²) in [7, 11) is 1.67. The number of aromatic nitrogens is 2. The van der Waals surface area contributed by atoms with E-state index in [0.29, 0.717) is 18.6 Å². The molecule has 35 heavy (non-hydrogen) atoms. The number of ether oxygens (including phenoxy) is 1. The van der Waals surface area contributed by atoms with Crippen LogP contribution in [0.5, 0.6) is 5.75 Å². The van der Waals surface area contributed by atoms with Gasteiger partial charge in [0.1, 0.15) is 18.1 Å². The third-order valence-corrected chi connectivity index (χ3v) is 7.74. The first-order valence-electron chi connectivity index (χ1n) is 13.3. The molecule has 0 spiro atoms. The minimum Gasteiger partial charge on any atom is -0.497 e. The number of carbonyl (C=O) groups is 1. The summed E-state index contributed by atoms with van der Waals surface area (Å²) in [6.45, 7) is 0.343. The van der Waals surface area contributed by atoms with Gasteiger partial charge in [0.25, 0.3) is 0 Å². The smallest absolute Gasteiger partial charge is 0.243 e. The molecule has 0 radical (unpaired) electrons. The van der Waals surface area contributed by atoms with Gasteiger partial charge in [0.15, 0.2) is 0 Å². The normalized spacial score (nSPS) is 17.7. The molecule has 2 aliphatic carbocycles. The Balaban J connectivity index is 1.44. The highest BCUT2D eigenvalue weighted by atomic mass is 16.5. The van der Waals surface area contributed by atoms with Gasteiger partial charge in [0.2, 0.25) is 5.91 Å². The van der Waals surface area contributed by atoms with Gasteiger partial charge in [0.05, 0.1) is 18.1 Å². The van der Waals surface area contributed by atoms with Crippen molar-refractivity contribution in [3.05, 3.63) is 59.9 Å². The number of imidazole rings is 1. The van der Waals surface area contributed by atoms with Gasteiger partial charge in [-0.2, -0.15) is 0 Å². The molecule has 0 aliphatic heterocycles. The van der Waals surface area contributed by atoms with Gasteiger partial charge in [-0.15, -0.1) is 0 Å². The number of hydrogen-bond donors (Lipinski definition) is 0. The van der Waals surface area contributed by atoms with E-state index >= 15 is 0 Å². The summed E-state index contributed by atoms with van der Waals surface area (Å²) in [5, 5.41) is 0. The van der Waals surface area contributed by atoms with Crippen LogP contribution in [0.1, 0.15) is 75.6 Å². The van der Waals surface area contributed by atoms with Crippen molar-refractivity contribution < 1.29 is 9.53 Å². The van der Waals surface area contributed by atoms with Crippen molar-refractivity contribution in [2.45, 2.75) is 82.8 Å². The second-order valence-electron chi connectivity index (χ2n) is 10.0. The lowest BCUT2D eigenvalue weighted by Crippen LogP contribution is -2.50. The number of rotatable bonds is 7. The summed E-state index contributed by atoms with van der Waals surface area (Å²) in [4.78, 5) is 21.2. The standard InChI is InChI=1S/C30H37N3O2/c1-35-26-19-16-23(17-20-26)18-21-29-31-27-14-8-9-15-28(27)32(29)22-30(34)33(24-10-4-2-5-11-24)25-12-6-3-7-13-25/h8-9,14-21,24-25H,2-7,10-13,22H2,1H3/b21-18+. The average molecular weight is 472 g/mol. The molecule has 1 heterocycles. The number of fused-ring (bicyclic) bond motifs is 1. The molecule has 0 saturated heterocycles. The Labute approximate surface area is 208 Å². The van der Waals surface area contributed by atoms with E-state index < -0.39 is 0 Å². The van der Waals surface area contributed by atoms with Gasteiger partial charge in [0, 0.05) is 12.1 Å². The maximum Gasteiger partial charge on any atom is 0.243 e. The Kier molecular flexibility index (Phi) is 7.51. The largest absolute Gasteiger partial charge is 0.497 e. The molecule has 1 amide bonds. The molecular weight excluding hydrogens is 434 g/mol. The zero-order valence-electron chi connectivity index (χ0n) is 20.9. The first kappa shape index (κ1) is 23.7. The molecule has 3 aromatic rings. The SMILES string of the molecule is COc1ccc(/C=C/c2nc3ccccc3n2CC(=O)N(C2CCCCC2)C2CCCCC2)cc1. The molecule has 5 heteroatoms. The van der Waals surface area contributed by atoms with Crippen molar-refractivity contribution in [1.29, 1.82) is 0 Å². The third kappa shape index (κ3) is 5.44. The molecule has 2 aromatic carbocycles. The highest BCUT2D eigenvalue weighted by Crippen LogP contribution is 2.31. The van der Waals surface area contributed by atoms with Crippen LogP contribution in [0.4, 0.5) is 0 Å². The van der Waals surface area contributed by atoms with E-state index in [4.69, 9.17) is 9.72 Å². The van der Waals surface area contributed by atoms with E-state index in [-0.39, 0.29) is 5.91 Å². The van der Waals surface area contributed by atoms with Gasteiger partial charge in [-0.25, -0.2) is 4.98 Å². The lowest BCUT2D eigenvalue weighted by atomic mass is 9.88. The molecule has 0 unspecified atom stereocenters. The van der Waals surface area contributed by atoms with Crippen LogP contribution < -0.4 is 4.74 Å². The monoisotopic (exact) mass is 471 g/mol. The number of carbonyl (C=O) groups excluding carboxylic acids is 1. The lowest BCUT2D eigenvalue weighted by Gasteiger charge is -2.42. The van der Waals surface area contributed by atoms with Crippen LogP contribution in [0, 0.1) is 0 Å². The molecule has 2 saturated carbocycles. The Bertz CT molecular complexity index is 1130. The predicted octanol–water partition coefficient (Wildman–Crippen LogP) is 6.71. The van der Waals surface area contributed by atoms with Crippen molar-refractivity contribution in [2.75, 3.05) is 7.11 Å². The van der Waals surface area contributed by atoms with Crippen molar-refractivity contribution in [2.24, 2.45) is 0 Å². The summed E-state index contributed by atoms with van der Waals surface area (Å²) in [6.07, 6.45) is 16.3. The first-order chi connectivity index (χ1) is 17.2. The second kappa shape index (κ2) is 11.1. The summed E-state index contributed by atoms with van der Waals surface area (Å²) >= 11 is 0. The maximum absolute atomic E-state index is 14.0. The number of benzene rings is 2. The number of methoxy groups -OCH3 is 1. The summed E-state index contributed by atoms with van der Waals surface area (Å²) < 4.78 is 7.38. The fourth-order valence-electron chi connectivity index (χ4n) is 5.91. The van der Waals surface area contributed by atoms with Crippen LogP contribution >= 0.6 is 0 Å². The van der Waals surface area contributed by atoms with Crippen molar-refractivity contribution >= 4 is 29.1 Å². The van der Waals surface area contributed by atoms with Crippen LogP contribution in [-0.4, -0.2) is 39.6 Å². The second-order valence-corrected chi connectivity index (χ2v) is 10.0. The molecule has 1 aromatic heterocycles. The Morgan fingerprint density at radius 3 is 2.17 bits per heavy atom. The van der Waals surface area contributed by atoms with Gasteiger partial charge in [-0.05, 0) is 61.6 Å². The van der Waals surface area contributed by atoms with Crippen LogP contribution in [0.3, 0.4) is 0 Å². The third-order valence-electron chi connectivity index (χ3n) is 7.74. The van der Waals surface area contributed by atoms with Gasteiger partial charge in [-0.1, -0.05) is 68.9 Å². The molecule has 5 nitrogen and oxygen atoms in total. The van der Waals surface area contributed by atoms with Gasteiger partial charge in [-0.3, -0.25) is 4.79 Å². The molecule has 0 N–H and O–H groups in total. The summed E-state index contributed by atoms with van der Waals surface area (Å²) in [6, 6.07) is 16.9. The number of amides is 1. The molecule has 5 rings (SSSR count). The molecule has 0 atom stereocenters. The van der Waals surface area contributed by atoms with E-state index in [1.807, 2.05) is 48.5 Å². The van der Waals surface area contributed by atoms with Crippen molar-refractivity contribution in [1.82, 2.24) is 14.5 Å². The minimum atomic E-state index is 0.256.